The molecular weight excluding hydrogens is 1150 g/mol. The van der Waals surface area contributed by atoms with Crippen molar-refractivity contribution < 1.29 is 53.8 Å². The molecule has 4 aliphatic rings. The summed E-state index contributed by atoms with van der Waals surface area (Å²) in [6, 6.07) is 7.13. The number of alkyl halides is 9. The molecule has 4 aromatic carbocycles. The highest BCUT2D eigenvalue weighted by Gasteiger charge is 2.68. The molecule has 88 heavy (non-hydrogen) atoms. The smallest absolute Gasteiger partial charge is 0.466 e. The topological polar surface area (TPSA) is 148 Å². The maximum Gasteiger partial charge on any atom is 0.471 e. The minimum Gasteiger partial charge on any atom is -0.466 e. The summed E-state index contributed by atoms with van der Waals surface area (Å²) < 4.78 is 129. The van der Waals surface area contributed by atoms with Crippen LogP contribution in [0.15, 0.2) is 67.7 Å². The number of carbonyl (C=O) groups excluding carboxylic acids is 2. The second-order valence-corrected chi connectivity index (χ2v) is 27.0. The van der Waals surface area contributed by atoms with E-state index in [0.29, 0.717) is 38.7 Å². The van der Waals surface area contributed by atoms with Crippen molar-refractivity contribution in [2.45, 2.75) is 244 Å². The van der Waals surface area contributed by atoms with Crippen molar-refractivity contribution >= 4 is 34.6 Å². The van der Waals surface area contributed by atoms with Gasteiger partial charge in [0.2, 0.25) is 21.7 Å². The number of hydrogen-bond acceptors (Lipinski definition) is 9. The van der Waals surface area contributed by atoms with Gasteiger partial charge in [-0.05, 0) is 171 Å². The van der Waals surface area contributed by atoms with E-state index in [1.807, 2.05) is 6.92 Å². The van der Waals surface area contributed by atoms with E-state index >= 15 is 0 Å². The predicted molar refractivity (Wildman–Crippen MR) is 324 cm³/mol. The third kappa shape index (κ3) is 15.6. The van der Waals surface area contributed by atoms with Gasteiger partial charge in [0.25, 0.3) is 0 Å². The Kier molecular flexibility index (Phi) is 22.7. The number of halogens is 9. The van der Waals surface area contributed by atoms with Crippen molar-refractivity contribution in [2.24, 2.45) is 46.3 Å². The van der Waals surface area contributed by atoms with Crippen molar-refractivity contribution in [3.63, 3.8) is 0 Å². The molecule has 0 spiro atoms. The number of rotatable bonds is 31. The summed E-state index contributed by atoms with van der Waals surface area (Å²) >= 11 is 0. The number of unbranched alkanes of at least 4 members (excludes halogenated alkanes) is 17. The van der Waals surface area contributed by atoms with Gasteiger partial charge in [-0.3, -0.25) is 28.8 Å². The minimum atomic E-state index is -5.17. The zero-order valence-corrected chi connectivity index (χ0v) is 51.6. The Balaban J connectivity index is 0.989. The van der Waals surface area contributed by atoms with Gasteiger partial charge >= 0.3 is 30.4 Å². The number of benzene rings is 2. The second-order valence-electron chi connectivity index (χ2n) is 27.0. The summed E-state index contributed by atoms with van der Waals surface area (Å²) in [7, 11) is 0. The Morgan fingerprint density at radius 2 is 1.06 bits per heavy atom. The van der Waals surface area contributed by atoms with Crippen molar-refractivity contribution in [3.8, 4) is 0 Å². The van der Waals surface area contributed by atoms with E-state index in [2.05, 4.69) is 36.7 Å². The third-order valence-corrected chi connectivity index (χ3v) is 21.6. The first-order valence-corrected chi connectivity index (χ1v) is 32.8. The van der Waals surface area contributed by atoms with Crippen LogP contribution in [-0.4, -0.2) is 30.7 Å². The second kappa shape index (κ2) is 29.2. The van der Waals surface area contributed by atoms with Gasteiger partial charge in [-0.15, -0.1) is 0 Å². The number of amides is 1. The van der Waals surface area contributed by atoms with Crippen molar-refractivity contribution in [2.75, 3.05) is 17.2 Å². The van der Waals surface area contributed by atoms with Crippen LogP contribution >= 0.6 is 0 Å². The van der Waals surface area contributed by atoms with E-state index in [1.165, 1.54) is 102 Å². The Hall–Kier alpha value is -5.49. The molecule has 3 N–H and O–H groups in total. The minimum absolute atomic E-state index is 0.0535. The quantitative estimate of drug-likeness (QED) is 0.0194. The fourth-order valence-corrected chi connectivity index (χ4v) is 16.9. The number of fused-ring (bicyclic) bond motifs is 5. The Bertz CT molecular complexity index is 3100. The zero-order valence-electron chi connectivity index (χ0n) is 51.6. The Labute approximate surface area is 511 Å². The van der Waals surface area contributed by atoms with Gasteiger partial charge < -0.3 is 20.7 Å². The first-order chi connectivity index (χ1) is 41.7. The molecule has 0 bridgehead atoms. The van der Waals surface area contributed by atoms with Gasteiger partial charge in [0.15, 0.2) is 0 Å². The highest BCUT2D eigenvalue weighted by molar-refractivity contribution is 5.82. The highest BCUT2D eigenvalue weighted by atomic mass is 19.4. The van der Waals surface area contributed by atoms with E-state index in [1.54, 1.807) is 0 Å². The van der Waals surface area contributed by atoms with E-state index in [0.717, 1.165) is 62.1 Å². The SMILES string of the molecule is CCCCCCCCCCCCCCCCCCCCOC(=O)CCC[C@@H](C)[C@H]1CC[C@H]2[C@@H]3C(c4c(Nc5ccc(C(F)(F)F)cc5)c(=O)c4=O)C[C@H]4CC(NC(=O)C(F)(F)F)CC[C@]4(C)[C@H]3CC(c3c(Nc4ccc(C(F)(F)F)cc4)c(=O)c3=O)[C@]12C. The fraction of sp³-hybridized carbons (Fsp3) is 0.681. The number of anilines is 4. The zero-order chi connectivity index (χ0) is 63.8. The van der Waals surface area contributed by atoms with Crippen molar-refractivity contribution in [1.82, 2.24) is 5.32 Å². The molecule has 10 nitrogen and oxygen atoms in total. The lowest BCUT2D eigenvalue weighted by molar-refractivity contribution is -0.176. The van der Waals surface area contributed by atoms with Crippen LogP contribution in [0.2, 0.25) is 0 Å². The molecule has 0 aliphatic heterocycles. The molecule has 4 aromatic rings. The summed E-state index contributed by atoms with van der Waals surface area (Å²) in [6.45, 7) is 8.79. The molecule has 4 saturated carbocycles. The average Bonchev–Trinajstić information content (AvgIpc) is 1.20. The summed E-state index contributed by atoms with van der Waals surface area (Å²) in [6.07, 6.45) is 11.4. The monoisotopic (exact) mass is 1240 g/mol. The van der Waals surface area contributed by atoms with Crippen LogP contribution in [0.25, 0.3) is 0 Å². The summed E-state index contributed by atoms with van der Waals surface area (Å²) in [5, 5.41) is 8.10. The molecule has 0 saturated heterocycles. The molecule has 19 heteroatoms. The first kappa shape index (κ1) is 68.4. The Morgan fingerprint density at radius 3 is 1.55 bits per heavy atom. The van der Waals surface area contributed by atoms with Crippen molar-refractivity contribution in [1.29, 1.82) is 0 Å². The van der Waals surface area contributed by atoms with E-state index in [4.69, 9.17) is 4.74 Å². The molecule has 3 unspecified atom stereocenters. The third-order valence-electron chi connectivity index (χ3n) is 21.6. The molecule has 4 fully saturated rings. The lowest BCUT2D eigenvalue weighted by Crippen LogP contribution is -2.61. The number of hydrogen-bond donors (Lipinski definition) is 3. The van der Waals surface area contributed by atoms with Gasteiger partial charge in [0.05, 0.1) is 29.1 Å². The molecule has 11 atom stereocenters. The standard InChI is InChI=1S/C69H90F9N3O7/c1-5-6-7-8-9-10-11-12-13-14-15-16-17-18-19-20-21-22-38-88-54(82)25-23-24-42(2)50-34-35-51-55-49(56-58(62(85)60(56)83)79-46-30-26-43(27-31-46)67(70,71)72)40-45-39-48(81-64(87)69(76,77)78)36-37-65(45,3)52(55)41-53(66(50,51)4)57-59(63(86)61(57)84)80-47-32-28-44(29-33-47)68(73,74)75/h26-33,42,45,48-53,55,79-80H,5-25,34-41H2,1-4H3,(H,81,87)/t42-,45-,48?,49?,50-,51+,52+,53?,55+,65+,66-/m1/s1. The number of carbonyl (C=O) groups is 2. The number of ether oxygens (including phenoxy) is 1. The van der Waals surface area contributed by atoms with Gasteiger partial charge in [0, 0.05) is 35.0 Å². The lowest BCUT2D eigenvalue weighted by atomic mass is 9.39. The molecule has 0 aromatic heterocycles. The lowest BCUT2D eigenvalue weighted by Gasteiger charge is -2.65. The Morgan fingerprint density at radius 1 is 0.580 bits per heavy atom. The van der Waals surface area contributed by atoms with Crippen LogP contribution < -0.4 is 37.7 Å². The van der Waals surface area contributed by atoms with Crippen LogP contribution in [0.3, 0.4) is 0 Å². The van der Waals surface area contributed by atoms with Gasteiger partial charge in [-0.25, -0.2) is 0 Å². The predicted octanol–water partition coefficient (Wildman–Crippen LogP) is 17.6. The number of nitrogens with one attached hydrogen (secondary N) is 3. The molecule has 0 heterocycles. The number of esters is 1. The normalized spacial score (nSPS) is 25.9. The van der Waals surface area contributed by atoms with E-state index in [9.17, 15) is 68.3 Å². The van der Waals surface area contributed by atoms with Gasteiger partial charge in [0.1, 0.15) is 0 Å². The molecular formula is C69H90F9N3O7. The van der Waals surface area contributed by atoms with Gasteiger partial charge in [-0.1, -0.05) is 137 Å². The average molecular weight is 1240 g/mol. The van der Waals surface area contributed by atoms with Crippen LogP contribution in [0.1, 0.15) is 242 Å². The van der Waals surface area contributed by atoms with Crippen LogP contribution in [0.5, 0.6) is 0 Å². The summed E-state index contributed by atoms with van der Waals surface area (Å²) in [4.78, 5) is 81.8. The van der Waals surface area contributed by atoms with Crippen LogP contribution in [-0.2, 0) is 26.7 Å². The molecule has 8 rings (SSSR count). The largest absolute Gasteiger partial charge is 0.471 e. The highest BCUT2D eigenvalue weighted by Crippen LogP contribution is 2.74. The maximum absolute atomic E-state index is 14.4. The first-order valence-electron chi connectivity index (χ1n) is 32.8. The van der Waals surface area contributed by atoms with Crippen LogP contribution in [0, 0.1) is 46.3 Å². The molecule has 1 amide bonds. The molecule has 4 aliphatic carbocycles. The van der Waals surface area contributed by atoms with Crippen molar-refractivity contribution in [3.05, 3.63) is 112 Å². The van der Waals surface area contributed by atoms with E-state index < -0.39 is 104 Å². The van der Waals surface area contributed by atoms with Crippen LogP contribution in [0.4, 0.5) is 62.3 Å². The summed E-state index contributed by atoms with van der Waals surface area (Å²) in [5.74, 6) is -5.68. The maximum atomic E-state index is 14.4. The fourth-order valence-electron chi connectivity index (χ4n) is 16.9. The summed E-state index contributed by atoms with van der Waals surface area (Å²) in [5.41, 5.74) is -6.29. The van der Waals surface area contributed by atoms with Gasteiger partial charge in [-0.2, -0.15) is 39.5 Å². The molecule has 486 valence electrons. The molecule has 0 radical (unpaired) electrons. The van der Waals surface area contributed by atoms with E-state index in [-0.39, 0.29) is 89.7 Å².